The quantitative estimate of drug-likeness (QED) is 0.533. The smallest absolute Gasteiger partial charge is 0.372 e. The minimum absolute atomic E-state index is 0.0422. The number of pyridine rings is 1. The van der Waals surface area contributed by atoms with E-state index >= 15 is 0 Å². The van der Waals surface area contributed by atoms with Gasteiger partial charge in [-0.1, -0.05) is 36.4 Å². The van der Waals surface area contributed by atoms with Gasteiger partial charge in [-0.25, -0.2) is 0 Å². The third-order valence-electron chi connectivity index (χ3n) is 4.81. The minimum Gasteiger partial charge on any atom is -0.379 e. The lowest BCUT2D eigenvalue weighted by Crippen LogP contribution is -2.41. The highest BCUT2D eigenvalue weighted by Crippen LogP contribution is 2.28. The molecule has 3 heterocycles. The molecule has 0 aliphatic carbocycles. The van der Waals surface area contributed by atoms with E-state index in [4.69, 9.17) is 4.74 Å². The van der Waals surface area contributed by atoms with Crippen molar-refractivity contribution in [2.75, 3.05) is 38.2 Å². The van der Waals surface area contributed by atoms with Crippen LogP contribution in [0.1, 0.15) is 11.6 Å². The molecular formula is C19H21N5O3. The van der Waals surface area contributed by atoms with Crippen LogP contribution in [-0.4, -0.2) is 52.1 Å². The number of morpholine rings is 1. The molecule has 0 unspecified atom stereocenters. The van der Waals surface area contributed by atoms with Crippen LogP contribution >= 0.6 is 0 Å². The fourth-order valence-electron chi connectivity index (χ4n) is 3.49. The van der Waals surface area contributed by atoms with Crippen molar-refractivity contribution in [1.29, 1.82) is 0 Å². The average Bonchev–Trinajstić information content (AvgIpc) is 3.08. The van der Waals surface area contributed by atoms with E-state index in [2.05, 4.69) is 27.3 Å². The second-order valence-corrected chi connectivity index (χ2v) is 6.43. The molecule has 4 rings (SSSR count). The van der Waals surface area contributed by atoms with Gasteiger partial charge in [0.15, 0.2) is 0 Å². The van der Waals surface area contributed by atoms with Crippen LogP contribution in [0.15, 0.2) is 54.7 Å². The van der Waals surface area contributed by atoms with Crippen molar-refractivity contribution in [2.45, 2.75) is 6.04 Å². The second kappa shape index (κ2) is 7.73. The first-order valence-electron chi connectivity index (χ1n) is 8.96. The van der Waals surface area contributed by atoms with Crippen molar-refractivity contribution in [3.63, 3.8) is 0 Å². The van der Waals surface area contributed by atoms with Gasteiger partial charge in [0.25, 0.3) is 0 Å². The number of hydrogen-bond donors (Lipinski definition) is 1. The number of nitro groups is 1. The topological polar surface area (TPSA) is 84.9 Å². The van der Waals surface area contributed by atoms with Gasteiger partial charge in [0, 0.05) is 25.7 Å². The van der Waals surface area contributed by atoms with Crippen molar-refractivity contribution < 1.29 is 9.66 Å². The maximum atomic E-state index is 11.6. The van der Waals surface area contributed by atoms with E-state index in [9.17, 15) is 10.1 Å². The molecule has 1 saturated heterocycles. The largest absolute Gasteiger partial charge is 0.379 e. The van der Waals surface area contributed by atoms with Gasteiger partial charge in [0.1, 0.15) is 0 Å². The maximum absolute atomic E-state index is 11.6. The van der Waals surface area contributed by atoms with E-state index in [1.807, 2.05) is 24.3 Å². The monoisotopic (exact) mass is 367 g/mol. The second-order valence-electron chi connectivity index (χ2n) is 6.43. The van der Waals surface area contributed by atoms with Gasteiger partial charge >= 0.3 is 5.82 Å². The van der Waals surface area contributed by atoms with Crippen LogP contribution in [0.4, 0.5) is 11.6 Å². The molecule has 8 nitrogen and oxygen atoms in total. The number of imidazole rings is 1. The summed E-state index contributed by atoms with van der Waals surface area (Å²) in [6, 6.07) is 15.6. The van der Waals surface area contributed by atoms with Crippen LogP contribution in [0.25, 0.3) is 5.65 Å². The zero-order valence-electron chi connectivity index (χ0n) is 14.8. The zero-order valence-corrected chi connectivity index (χ0v) is 14.8. The van der Waals surface area contributed by atoms with Gasteiger partial charge < -0.3 is 20.2 Å². The summed E-state index contributed by atoms with van der Waals surface area (Å²) in [5.74, 6) is 0.250. The first-order chi connectivity index (χ1) is 13.2. The summed E-state index contributed by atoms with van der Waals surface area (Å²) in [6.07, 6.45) is 1.66. The average molecular weight is 367 g/mol. The molecular weight excluding hydrogens is 346 g/mol. The van der Waals surface area contributed by atoms with E-state index in [0.29, 0.717) is 31.2 Å². The molecule has 1 fully saturated rings. The number of benzene rings is 1. The lowest BCUT2D eigenvalue weighted by molar-refractivity contribution is -0.389. The lowest BCUT2D eigenvalue weighted by Gasteiger charge is -2.34. The Bertz CT molecular complexity index is 921. The summed E-state index contributed by atoms with van der Waals surface area (Å²) >= 11 is 0. The Morgan fingerprint density at radius 1 is 1.15 bits per heavy atom. The summed E-state index contributed by atoms with van der Waals surface area (Å²) in [7, 11) is 0. The summed E-state index contributed by atoms with van der Waals surface area (Å²) in [5, 5.41) is 14.8. The van der Waals surface area contributed by atoms with Gasteiger partial charge in [-0.15, -0.1) is 0 Å². The Hall–Kier alpha value is -2.97. The van der Waals surface area contributed by atoms with Crippen LogP contribution in [0, 0.1) is 10.1 Å². The summed E-state index contributed by atoms with van der Waals surface area (Å²) in [4.78, 5) is 17.9. The SMILES string of the molecule is O=[N+]([O-])c1c(NC[C@H](c2ccccc2)N2CCOCC2)nc2ccccn12. The lowest BCUT2D eigenvalue weighted by atomic mass is 10.0. The molecule has 27 heavy (non-hydrogen) atoms. The Morgan fingerprint density at radius 3 is 2.63 bits per heavy atom. The molecule has 0 spiro atoms. The molecule has 0 amide bonds. The molecule has 1 atom stereocenters. The molecule has 1 aromatic carbocycles. The molecule has 8 heteroatoms. The molecule has 1 aliphatic heterocycles. The molecule has 3 aromatic rings. The third kappa shape index (κ3) is 3.62. The Labute approximate surface area is 156 Å². The summed E-state index contributed by atoms with van der Waals surface area (Å²) in [6.45, 7) is 3.56. The Morgan fingerprint density at radius 2 is 1.89 bits per heavy atom. The first-order valence-corrected chi connectivity index (χ1v) is 8.96. The molecule has 0 saturated carbocycles. The highest BCUT2D eigenvalue weighted by Gasteiger charge is 2.26. The normalized spacial score (nSPS) is 16.3. The molecule has 2 aromatic heterocycles. The van der Waals surface area contributed by atoms with Crippen LogP contribution in [0.2, 0.25) is 0 Å². The number of aromatic nitrogens is 2. The number of nitrogens with one attached hydrogen (secondary N) is 1. The van der Waals surface area contributed by atoms with E-state index in [1.165, 1.54) is 9.96 Å². The third-order valence-corrected chi connectivity index (χ3v) is 4.81. The number of hydrogen-bond acceptors (Lipinski definition) is 6. The van der Waals surface area contributed by atoms with E-state index < -0.39 is 4.92 Å². The predicted molar refractivity (Wildman–Crippen MR) is 102 cm³/mol. The molecule has 1 N–H and O–H groups in total. The van der Waals surface area contributed by atoms with Crippen LogP contribution in [-0.2, 0) is 4.74 Å². The van der Waals surface area contributed by atoms with Crippen molar-refractivity contribution >= 4 is 17.3 Å². The Kier molecular flexibility index (Phi) is 4.99. The maximum Gasteiger partial charge on any atom is 0.372 e. The number of ether oxygens (including phenoxy) is 1. The van der Waals surface area contributed by atoms with Crippen molar-refractivity contribution in [2.24, 2.45) is 0 Å². The molecule has 140 valence electrons. The van der Waals surface area contributed by atoms with E-state index in [1.54, 1.807) is 18.3 Å². The Balaban J connectivity index is 1.62. The van der Waals surface area contributed by atoms with Gasteiger partial charge in [-0.2, -0.15) is 9.38 Å². The van der Waals surface area contributed by atoms with Gasteiger partial charge in [-0.3, -0.25) is 4.90 Å². The highest BCUT2D eigenvalue weighted by atomic mass is 16.6. The van der Waals surface area contributed by atoms with Gasteiger partial charge in [0.2, 0.25) is 11.5 Å². The number of rotatable bonds is 6. The predicted octanol–water partition coefficient (Wildman–Crippen LogP) is 2.73. The fraction of sp³-hybridized carbons (Fsp3) is 0.316. The summed E-state index contributed by atoms with van der Waals surface area (Å²) in [5.41, 5.74) is 1.72. The molecule has 1 aliphatic rings. The number of fused-ring (bicyclic) bond motifs is 1. The summed E-state index contributed by atoms with van der Waals surface area (Å²) < 4.78 is 6.97. The van der Waals surface area contributed by atoms with Crippen molar-refractivity contribution in [1.82, 2.24) is 14.3 Å². The van der Waals surface area contributed by atoms with Gasteiger partial charge in [-0.05, 0) is 16.6 Å². The van der Waals surface area contributed by atoms with E-state index in [0.717, 1.165) is 13.1 Å². The molecule has 0 bridgehead atoms. The first kappa shape index (κ1) is 17.4. The number of nitrogens with zero attached hydrogens (tertiary/aromatic N) is 4. The van der Waals surface area contributed by atoms with Crippen LogP contribution < -0.4 is 5.32 Å². The van der Waals surface area contributed by atoms with Gasteiger partial charge in [0.05, 0.1) is 25.5 Å². The van der Waals surface area contributed by atoms with Crippen LogP contribution in [0.3, 0.4) is 0 Å². The minimum atomic E-state index is -0.394. The van der Waals surface area contributed by atoms with Crippen molar-refractivity contribution in [3.8, 4) is 0 Å². The van der Waals surface area contributed by atoms with Crippen LogP contribution in [0.5, 0.6) is 0 Å². The number of anilines is 1. The van der Waals surface area contributed by atoms with E-state index in [-0.39, 0.29) is 11.9 Å². The molecule has 0 radical (unpaired) electrons. The van der Waals surface area contributed by atoms with Crippen molar-refractivity contribution in [3.05, 3.63) is 70.4 Å². The standard InChI is InChI=1S/C19H21N5O3/c25-24(26)19-18(21-17-8-4-5-9-23(17)19)20-14-16(15-6-2-1-3-7-15)22-10-12-27-13-11-22/h1-9,16,20H,10-14H2/t16-/m1/s1. The highest BCUT2D eigenvalue weighted by molar-refractivity contribution is 5.62. The fourth-order valence-corrected chi connectivity index (χ4v) is 3.49. The zero-order chi connectivity index (χ0) is 18.6.